The molecule has 1 amide bonds. The normalized spacial score (nSPS) is 12.3. The molecule has 1 aromatic rings. The van der Waals surface area contributed by atoms with Crippen LogP contribution in [-0.4, -0.2) is 24.0 Å². The Hall–Kier alpha value is -1.17. The third kappa shape index (κ3) is 3.66. The molecular weight excluding hydrogens is 263 g/mol. The highest BCUT2D eigenvalue weighted by molar-refractivity contribution is 7.98. The first-order chi connectivity index (χ1) is 8.49. The molecule has 1 rings (SSSR count). The SMILES string of the molecule is CCC(CSC)NC(=O)c1cc(F)c(F)c(F)c1. The van der Waals surface area contributed by atoms with Crippen LogP contribution in [0, 0.1) is 17.5 Å². The number of hydrogen-bond acceptors (Lipinski definition) is 2. The molecule has 0 saturated heterocycles. The molecule has 0 aromatic heterocycles. The van der Waals surface area contributed by atoms with Crippen molar-refractivity contribution < 1.29 is 18.0 Å². The summed E-state index contributed by atoms with van der Waals surface area (Å²) in [4.78, 5) is 11.7. The first kappa shape index (κ1) is 14.9. The van der Waals surface area contributed by atoms with Crippen LogP contribution in [0.5, 0.6) is 0 Å². The van der Waals surface area contributed by atoms with Gasteiger partial charge in [-0.1, -0.05) is 6.92 Å². The zero-order chi connectivity index (χ0) is 13.7. The Bertz CT molecular complexity index is 416. The molecule has 0 bridgehead atoms. The standard InChI is InChI=1S/C12H14F3NOS/c1-3-8(6-18-2)16-12(17)7-4-9(13)11(15)10(14)5-7/h4-5,8H,3,6H2,1-2H3,(H,16,17). The van der Waals surface area contributed by atoms with Gasteiger partial charge in [-0.05, 0) is 24.8 Å². The maximum absolute atomic E-state index is 13.0. The Morgan fingerprint density at radius 1 is 1.33 bits per heavy atom. The second-order valence-corrected chi connectivity index (χ2v) is 4.70. The molecule has 0 saturated carbocycles. The number of hydrogen-bond donors (Lipinski definition) is 1. The van der Waals surface area contributed by atoms with E-state index in [1.807, 2.05) is 13.2 Å². The van der Waals surface area contributed by atoms with Gasteiger partial charge in [-0.3, -0.25) is 4.79 Å². The molecule has 0 aliphatic carbocycles. The lowest BCUT2D eigenvalue weighted by molar-refractivity contribution is 0.0939. The molecule has 100 valence electrons. The second kappa shape index (κ2) is 6.68. The maximum atomic E-state index is 13.0. The number of benzene rings is 1. The van der Waals surface area contributed by atoms with E-state index in [2.05, 4.69) is 5.32 Å². The summed E-state index contributed by atoms with van der Waals surface area (Å²) in [7, 11) is 0. The summed E-state index contributed by atoms with van der Waals surface area (Å²) in [5.74, 6) is -4.19. The van der Waals surface area contributed by atoms with Gasteiger partial charge in [0, 0.05) is 17.4 Å². The summed E-state index contributed by atoms with van der Waals surface area (Å²) in [5, 5.41) is 2.64. The predicted molar refractivity (Wildman–Crippen MR) is 66.2 cm³/mol. The van der Waals surface area contributed by atoms with Gasteiger partial charge in [-0.15, -0.1) is 0 Å². The first-order valence-electron chi connectivity index (χ1n) is 5.43. The molecular formula is C12H14F3NOS. The highest BCUT2D eigenvalue weighted by atomic mass is 32.2. The number of amides is 1. The molecule has 0 fully saturated rings. The van der Waals surface area contributed by atoms with E-state index in [1.165, 1.54) is 0 Å². The van der Waals surface area contributed by atoms with Crippen molar-refractivity contribution in [1.29, 1.82) is 0 Å². The van der Waals surface area contributed by atoms with Crippen molar-refractivity contribution in [2.75, 3.05) is 12.0 Å². The lowest BCUT2D eigenvalue weighted by atomic mass is 10.1. The van der Waals surface area contributed by atoms with Crippen LogP contribution in [0.15, 0.2) is 12.1 Å². The average molecular weight is 277 g/mol. The fourth-order valence-corrected chi connectivity index (χ4v) is 2.14. The first-order valence-corrected chi connectivity index (χ1v) is 6.83. The smallest absolute Gasteiger partial charge is 0.251 e. The lowest BCUT2D eigenvalue weighted by Gasteiger charge is -2.15. The van der Waals surface area contributed by atoms with Crippen molar-refractivity contribution in [3.8, 4) is 0 Å². The number of carbonyl (C=O) groups is 1. The van der Waals surface area contributed by atoms with E-state index >= 15 is 0 Å². The molecule has 0 heterocycles. The largest absolute Gasteiger partial charge is 0.348 e. The van der Waals surface area contributed by atoms with Crippen LogP contribution >= 0.6 is 11.8 Å². The second-order valence-electron chi connectivity index (χ2n) is 3.79. The number of thioether (sulfide) groups is 1. The highest BCUT2D eigenvalue weighted by Gasteiger charge is 2.17. The minimum atomic E-state index is -1.57. The minimum absolute atomic E-state index is 0.0799. The molecule has 2 nitrogen and oxygen atoms in total. The number of halogens is 3. The molecule has 0 aliphatic heterocycles. The van der Waals surface area contributed by atoms with Crippen molar-refractivity contribution in [3.63, 3.8) is 0 Å². The number of rotatable bonds is 5. The zero-order valence-electron chi connectivity index (χ0n) is 10.1. The third-order valence-corrected chi connectivity index (χ3v) is 3.18. The van der Waals surface area contributed by atoms with Gasteiger partial charge in [0.1, 0.15) is 0 Å². The van der Waals surface area contributed by atoms with E-state index in [-0.39, 0.29) is 11.6 Å². The predicted octanol–water partition coefficient (Wildman–Crippen LogP) is 2.98. The molecule has 1 aromatic carbocycles. The van der Waals surface area contributed by atoms with Crippen molar-refractivity contribution in [2.24, 2.45) is 0 Å². The average Bonchev–Trinajstić information content (AvgIpc) is 2.34. The van der Waals surface area contributed by atoms with Gasteiger partial charge in [-0.2, -0.15) is 11.8 Å². The summed E-state index contributed by atoms with van der Waals surface area (Å²) in [6.45, 7) is 1.90. The Morgan fingerprint density at radius 2 is 1.89 bits per heavy atom. The summed E-state index contributed by atoms with van der Waals surface area (Å²) in [5.41, 5.74) is -0.217. The molecule has 1 unspecified atom stereocenters. The Labute approximate surface area is 108 Å². The van der Waals surface area contributed by atoms with Crippen LogP contribution in [0.2, 0.25) is 0 Å². The maximum Gasteiger partial charge on any atom is 0.251 e. The van der Waals surface area contributed by atoms with E-state index in [4.69, 9.17) is 0 Å². The van der Waals surface area contributed by atoms with Crippen LogP contribution < -0.4 is 5.32 Å². The van der Waals surface area contributed by atoms with Crippen LogP contribution in [-0.2, 0) is 0 Å². The van der Waals surface area contributed by atoms with Crippen molar-refractivity contribution >= 4 is 17.7 Å². The summed E-state index contributed by atoms with van der Waals surface area (Å²) < 4.78 is 38.7. The zero-order valence-corrected chi connectivity index (χ0v) is 10.9. The number of nitrogens with one attached hydrogen (secondary N) is 1. The van der Waals surface area contributed by atoms with Crippen LogP contribution in [0.4, 0.5) is 13.2 Å². The molecule has 0 spiro atoms. The summed E-state index contributed by atoms with van der Waals surface area (Å²) in [6, 6.07) is 1.31. The van der Waals surface area contributed by atoms with Crippen molar-refractivity contribution in [2.45, 2.75) is 19.4 Å². The van der Waals surface area contributed by atoms with E-state index in [0.29, 0.717) is 24.3 Å². The van der Waals surface area contributed by atoms with E-state index in [1.54, 1.807) is 11.8 Å². The Kier molecular flexibility index (Phi) is 5.53. The Balaban J connectivity index is 2.84. The van der Waals surface area contributed by atoms with Gasteiger partial charge >= 0.3 is 0 Å². The highest BCUT2D eigenvalue weighted by Crippen LogP contribution is 2.14. The number of carbonyl (C=O) groups excluding carboxylic acids is 1. The van der Waals surface area contributed by atoms with E-state index in [9.17, 15) is 18.0 Å². The molecule has 0 radical (unpaired) electrons. The quantitative estimate of drug-likeness (QED) is 0.838. The van der Waals surface area contributed by atoms with Gasteiger partial charge < -0.3 is 5.32 Å². The van der Waals surface area contributed by atoms with E-state index < -0.39 is 23.4 Å². The van der Waals surface area contributed by atoms with Gasteiger partial charge in [0.2, 0.25) is 0 Å². The van der Waals surface area contributed by atoms with Crippen molar-refractivity contribution in [3.05, 3.63) is 35.1 Å². The topological polar surface area (TPSA) is 29.1 Å². The summed E-state index contributed by atoms with van der Waals surface area (Å²) >= 11 is 1.56. The molecule has 1 atom stereocenters. The van der Waals surface area contributed by atoms with Gasteiger partial charge in [0.25, 0.3) is 5.91 Å². The van der Waals surface area contributed by atoms with Crippen LogP contribution in [0.25, 0.3) is 0 Å². The monoisotopic (exact) mass is 277 g/mol. The Morgan fingerprint density at radius 3 is 2.33 bits per heavy atom. The fourth-order valence-electron chi connectivity index (χ4n) is 1.42. The van der Waals surface area contributed by atoms with E-state index in [0.717, 1.165) is 0 Å². The van der Waals surface area contributed by atoms with Crippen LogP contribution in [0.3, 0.4) is 0 Å². The molecule has 0 aliphatic rings. The minimum Gasteiger partial charge on any atom is -0.348 e. The van der Waals surface area contributed by atoms with Gasteiger partial charge in [-0.25, -0.2) is 13.2 Å². The third-order valence-electron chi connectivity index (χ3n) is 2.44. The fraction of sp³-hybridized carbons (Fsp3) is 0.417. The lowest BCUT2D eigenvalue weighted by Crippen LogP contribution is -2.36. The van der Waals surface area contributed by atoms with Crippen molar-refractivity contribution in [1.82, 2.24) is 5.32 Å². The van der Waals surface area contributed by atoms with Gasteiger partial charge in [0.05, 0.1) is 0 Å². The van der Waals surface area contributed by atoms with Gasteiger partial charge in [0.15, 0.2) is 17.5 Å². The van der Waals surface area contributed by atoms with Crippen LogP contribution in [0.1, 0.15) is 23.7 Å². The molecule has 18 heavy (non-hydrogen) atoms. The molecule has 1 N–H and O–H groups in total. The summed E-state index contributed by atoms with van der Waals surface area (Å²) in [6.07, 6.45) is 2.60. The molecule has 6 heteroatoms.